The van der Waals surface area contributed by atoms with Crippen molar-refractivity contribution >= 4 is 0 Å². The molecular weight excluding hydrogens is 168 g/mol. The maximum Gasteiger partial charge on any atom is 0.286 e. The van der Waals surface area contributed by atoms with Gasteiger partial charge in [0.1, 0.15) is 0 Å². The number of hydrogen-bond acceptors (Lipinski definition) is 3. The van der Waals surface area contributed by atoms with Gasteiger partial charge in [-0.1, -0.05) is 30.3 Å². The fraction of sp³-hybridized carbons (Fsp3) is 0.143. The van der Waals surface area contributed by atoms with Crippen molar-refractivity contribution in [1.82, 2.24) is 0 Å². The molecule has 1 rings (SSSR count). The van der Waals surface area contributed by atoms with Crippen molar-refractivity contribution in [3.8, 4) is 0 Å². The average Bonchev–Trinajstić information content (AvgIpc) is 2.03. The molecule has 0 saturated carbocycles. The minimum absolute atomic E-state index is 0.0916. The van der Waals surface area contributed by atoms with E-state index < -0.39 is 10.8 Å². The minimum Gasteiger partial charge on any atom is -0.320 e. The first-order valence-corrected chi connectivity index (χ1v) is 3.94. The van der Waals surface area contributed by atoms with Crippen LogP contribution in [0.1, 0.15) is 5.56 Å². The Morgan fingerprint density at radius 1 is 1.18 bits per heavy atom. The zero-order valence-corrected chi connectivity index (χ0v) is 6.45. The van der Waals surface area contributed by atoms with Crippen LogP contribution < -0.4 is 9.32 Å². The lowest BCUT2D eigenvalue weighted by Gasteiger charge is -1.94. The van der Waals surface area contributed by atoms with Gasteiger partial charge in [-0.2, -0.15) is 0 Å². The summed E-state index contributed by atoms with van der Waals surface area (Å²) >= 11 is 0. The topological polar surface area (TPSA) is 55.3 Å². The highest BCUT2D eigenvalue weighted by Crippen LogP contribution is 2.00. The maximum absolute atomic E-state index is 9.91. The van der Waals surface area contributed by atoms with E-state index in [1.54, 1.807) is 12.1 Å². The Kier molecular flexibility index (Phi) is 3.32. The average molecular weight is 175 g/mol. The molecule has 0 spiro atoms. The predicted octanol–water partition coefficient (Wildman–Crippen LogP) is -0.711. The summed E-state index contributed by atoms with van der Waals surface area (Å²) in [4.78, 5) is 0. The van der Waals surface area contributed by atoms with Crippen LogP contribution in [-0.2, 0) is 10.9 Å². The van der Waals surface area contributed by atoms with Crippen LogP contribution in [0.4, 0.5) is 0 Å². The summed E-state index contributed by atoms with van der Waals surface area (Å²) in [5, 5.41) is 0. The number of rotatable bonds is 3. The summed E-state index contributed by atoms with van der Waals surface area (Å²) < 4.78 is 24.1. The molecule has 0 aromatic heterocycles. The van der Waals surface area contributed by atoms with Gasteiger partial charge in [0.15, 0.2) is 6.61 Å². The van der Waals surface area contributed by atoms with Crippen LogP contribution in [0.3, 0.4) is 0 Å². The molecule has 1 aromatic carbocycles. The predicted molar refractivity (Wildman–Crippen MR) is 31.2 cm³/mol. The van der Waals surface area contributed by atoms with E-state index in [1.165, 1.54) is 0 Å². The van der Waals surface area contributed by atoms with Crippen molar-refractivity contribution in [1.29, 1.82) is 0 Å². The van der Waals surface area contributed by atoms with Crippen molar-refractivity contribution in [3.63, 3.8) is 0 Å². The molecule has 0 aliphatic carbocycles. The minimum atomic E-state index is -2.11. The van der Waals surface area contributed by atoms with Crippen molar-refractivity contribution in [2.45, 2.75) is 6.61 Å². The summed E-state index contributed by atoms with van der Waals surface area (Å²) in [5.74, 6) is 0. The molecule has 0 bridgehead atoms. The third-order valence-corrected chi connectivity index (χ3v) is 1.44. The van der Waals surface area contributed by atoms with Crippen LogP contribution in [0, 0.1) is 10.8 Å². The van der Waals surface area contributed by atoms with E-state index in [4.69, 9.17) is 0 Å². The molecule has 3 nitrogen and oxygen atoms in total. The first-order chi connectivity index (χ1) is 5.29. The van der Waals surface area contributed by atoms with Crippen molar-refractivity contribution in [2.75, 3.05) is 0 Å². The van der Waals surface area contributed by atoms with Crippen LogP contribution in [0.25, 0.3) is 0 Å². The molecule has 0 fully saturated rings. The van der Waals surface area contributed by atoms with E-state index in [1.807, 2.05) is 18.2 Å². The first-order valence-electron chi connectivity index (χ1n) is 3.02. The molecule has 0 aliphatic rings. The van der Waals surface area contributed by atoms with Crippen LogP contribution in [0.15, 0.2) is 30.3 Å². The van der Waals surface area contributed by atoms with Crippen molar-refractivity contribution in [3.05, 3.63) is 35.9 Å². The Balaban J connectivity index is 2.39. The van der Waals surface area contributed by atoms with Gasteiger partial charge >= 0.3 is 0 Å². The normalized spacial score (nSPS) is 10.5. The van der Waals surface area contributed by atoms with E-state index in [0.29, 0.717) is 0 Å². The second kappa shape index (κ2) is 4.31. The summed E-state index contributed by atoms with van der Waals surface area (Å²) in [6.45, 7) is 0.0916. The van der Waals surface area contributed by atoms with Gasteiger partial charge in [0.2, 0.25) is 0 Å². The maximum atomic E-state index is 9.91. The molecule has 0 aliphatic heterocycles. The molecule has 0 heterocycles. The largest absolute Gasteiger partial charge is 0.320 e. The lowest BCUT2D eigenvalue weighted by Crippen LogP contribution is -2.33. The molecule has 1 aromatic rings. The van der Waals surface area contributed by atoms with Gasteiger partial charge < -0.3 is 9.32 Å². The van der Waals surface area contributed by atoms with E-state index in [0.717, 1.165) is 5.56 Å². The third kappa shape index (κ3) is 3.34. The van der Waals surface area contributed by atoms with Gasteiger partial charge in [-0.05, 0) is 5.56 Å². The molecule has 4 heteroatoms. The Labute approximate surface area is 67.6 Å². The first kappa shape index (κ1) is 8.49. The number of benzene rings is 1. The molecule has 0 atom stereocenters. The van der Waals surface area contributed by atoms with E-state index in [9.17, 15) is 9.32 Å². The van der Waals surface area contributed by atoms with E-state index in [2.05, 4.69) is 4.29 Å². The molecule has 0 radical (unpaired) electrons. The van der Waals surface area contributed by atoms with Gasteiger partial charge in [-0.3, -0.25) is 0 Å². The summed E-state index contributed by atoms with van der Waals surface area (Å²) in [6.07, 6.45) is 0. The van der Waals surface area contributed by atoms with E-state index in [-0.39, 0.29) is 6.61 Å². The van der Waals surface area contributed by atoms with Gasteiger partial charge in [-0.25, -0.2) is 0 Å². The molecule has 11 heavy (non-hydrogen) atoms. The molecule has 0 N–H and O–H groups in total. The fourth-order valence-corrected chi connectivity index (χ4v) is 0.897. The monoisotopic (exact) mass is 174 g/mol. The van der Waals surface area contributed by atoms with Crippen LogP contribution >= 0.6 is 0 Å². The summed E-state index contributed by atoms with van der Waals surface area (Å²) in [5.41, 5.74) is 0.835. The third-order valence-electron chi connectivity index (χ3n) is 1.15. The number of hydrogen-bond donors (Lipinski definition) is 0. The standard InChI is InChI=1S/C7H7ClO3/c9-8(10)11-6-7-4-2-1-3-5-7/h1-5H,6H2. The van der Waals surface area contributed by atoms with Crippen LogP contribution in [0.2, 0.25) is 0 Å². The molecule has 0 amide bonds. The second-order valence-corrected chi connectivity index (χ2v) is 2.52. The lowest BCUT2D eigenvalue weighted by molar-refractivity contribution is -1.63. The Morgan fingerprint density at radius 3 is 2.36 bits per heavy atom. The number of halogens is 1. The van der Waals surface area contributed by atoms with Crippen molar-refractivity contribution < 1.29 is 24.4 Å². The SMILES string of the molecule is [O-][Cl+2]([O-])OCc1ccccc1. The van der Waals surface area contributed by atoms with Gasteiger partial charge in [0.25, 0.3) is 10.8 Å². The molecular formula is C7H7ClO3. The van der Waals surface area contributed by atoms with Gasteiger partial charge in [0, 0.05) is 4.29 Å². The summed E-state index contributed by atoms with van der Waals surface area (Å²) in [6, 6.07) is 9.08. The fourth-order valence-electron chi connectivity index (χ4n) is 0.682. The van der Waals surface area contributed by atoms with E-state index >= 15 is 0 Å². The smallest absolute Gasteiger partial charge is 0.286 e. The molecule has 0 saturated heterocycles. The summed E-state index contributed by atoms with van der Waals surface area (Å²) in [7, 11) is -2.11. The zero-order valence-electron chi connectivity index (χ0n) is 5.70. The second-order valence-electron chi connectivity index (χ2n) is 1.93. The quantitative estimate of drug-likeness (QED) is 0.608. The highest BCUT2D eigenvalue weighted by Gasteiger charge is 2.05. The van der Waals surface area contributed by atoms with Gasteiger partial charge in [0.05, 0.1) is 0 Å². The van der Waals surface area contributed by atoms with Gasteiger partial charge in [-0.15, -0.1) is 0 Å². The van der Waals surface area contributed by atoms with Crippen LogP contribution in [-0.4, -0.2) is 0 Å². The highest BCUT2D eigenvalue weighted by molar-refractivity contribution is 5.13. The molecule has 0 unspecified atom stereocenters. The zero-order chi connectivity index (χ0) is 8.10. The Hall–Kier alpha value is -0.610. The Morgan fingerprint density at radius 2 is 1.82 bits per heavy atom. The van der Waals surface area contributed by atoms with Crippen molar-refractivity contribution in [2.24, 2.45) is 0 Å². The lowest BCUT2D eigenvalue weighted by atomic mass is 10.2. The highest BCUT2D eigenvalue weighted by atomic mass is 35.6. The Bertz CT molecular complexity index is 200. The van der Waals surface area contributed by atoms with Crippen LogP contribution in [0.5, 0.6) is 0 Å². The molecule has 60 valence electrons.